The lowest BCUT2D eigenvalue weighted by atomic mass is 10.1. The van der Waals surface area contributed by atoms with Crippen LogP contribution in [-0.4, -0.2) is 25.6 Å². The molecule has 1 aliphatic heterocycles. The highest BCUT2D eigenvalue weighted by Crippen LogP contribution is 2.14. The van der Waals surface area contributed by atoms with Gasteiger partial charge in [-0.05, 0) is 19.3 Å². The molecule has 1 atom stereocenters. The van der Waals surface area contributed by atoms with Crippen molar-refractivity contribution in [2.75, 3.05) is 13.7 Å². The molecule has 3 nitrogen and oxygen atoms in total. The lowest BCUT2D eigenvalue weighted by Gasteiger charge is -2.08. The van der Waals surface area contributed by atoms with Gasteiger partial charge in [0.15, 0.2) is 0 Å². The van der Waals surface area contributed by atoms with E-state index < -0.39 is 0 Å². The molecule has 70 valence electrons. The van der Waals surface area contributed by atoms with Crippen LogP contribution in [0, 0.1) is 0 Å². The van der Waals surface area contributed by atoms with Crippen molar-refractivity contribution >= 4 is 5.84 Å². The molecular formula is C9H18N2O. The number of hydrogen-bond donors (Lipinski definition) is 1. The van der Waals surface area contributed by atoms with Crippen molar-refractivity contribution in [1.82, 2.24) is 0 Å². The molecule has 0 bridgehead atoms. The summed E-state index contributed by atoms with van der Waals surface area (Å²) < 4.78 is 5.01. The van der Waals surface area contributed by atoms with E-state index in [-0.39, 0.29) is 0 Å². The van der Waals surface area contributed by atoms with Gasteiger partial charge < -0.3 is 10.5 Å². The summed E-state index contributed by atoms with van der Waals surface area (Å²) >= 11 is 0. The van der Waals surface area contributed by atoms with Crippen molar-refractivity contribution in [3.05, 3.63) is 0 Å². The number of hydrogen-bond acceptors (Lipinski definition) is 3. The highest BCUT2D eigenvalue weighted by atomic mass is 16.5. The van der Waals surface area contributed by atoms with Crippen LogP contribution < -0.4 is 5.73 Å². The molecule has 0 aromatic rings. The number of ether oxygens (including phenoxy) is 1. The van der Waals surface area contributed by atoms with Gasteiger partial charge in [-0.3, -0.25) is 4.99 Å². The first-order chi connectivity index (χ1) is 5.83. The second kappa shape index (κ2) is 5.14. The molecule has 1 aliphatic rings. The monoisotopic (exact) mass is 170 g/mol. The van der Waals surface area contributed by atoms with Gasteiger partial charge in [0, 0.05) is 20.1 Å². The second-order valence-corrected chi connectivity index (χ2v) is 3.30. The third-order valence-electron chi connectivity index (χ3n) is 2.22. The van der Waals surface area contributed by atoms with Crippen LogP contribution in [0.1, 0.15) is 32.1 Å². The third kappa shape index (κ3) is 3.22. The van der Waals surface area contributed by atoms with Crippen molar-refractivity contribution in [3.8, 4) is 0 Å². The van der Waals surface area contributed by atoms with Crippen LogP contribution in [0.4, 0.5) is 0 Å². The van der Waals surface area contributed by atoms with Crippen molar-refractivity contribution in [1.29, 1.82) is 0 Å². The summed E-state index contributed by atoms with van der Waals surface area (Å²) in [5.41, 5.74) is 5.71. The van der Waals surface area contributed by atoms with Gasteiger partial charge in [-0.2, -0.15) is 0 Å². The molecule has 12 heavy (non-hydrogen) atoms. The summed E-state index contributed by atoms with van der Waals surface area (Å²) in [6.07, 6.45) is 5.60. The van der Waals surface area contributed by atoms with E-state index in [4.69, 9.17) is 10.5 Å². The maximum atomic E-state index is 5.71. The number of methoxy groups -OCH3 is 1. The van der Waals surface area contributed by atoms with Crippen LogP contribution in [0.3, 0.4) is 0 Å². The van der Waals surface area contributed by atoms with Crippen LogP contribution >= 0.6 is 0 Å². The molecule has 0 spiro atoms. The van der Waals surface area contributed by atoms with Crippen LogP contribution in [0.25, 0.3) is 0 Å². The third-order valence-corrected chi connectivity index (χ3v) is 2.22. The first-order valence-electron chi connectivity index (χ1n) is 4.64. The summed E-state index contributed by atoms with van der Waals surface area (Å²) in [5.74, 6) is 0.827. The van der Waals surface area contributed by atoms with E-state index in [2.05, 4.69) is 4.99 Å². The molecule has 2 N–H and O–H groups in total. The fourth-order valence-electron chi connectivity index (χ4n) is 1.51. The molecule has 0 aliphatic carbocycles. The van der Waals surface area contributed by atoms with E-state index in [1.807, 2.05) is 0 Å². The number of nitrogens with zero attached hydrogens (tertiary/aromatic N) is 1. The predicted molar refractivity (Wildman–Crippen MR) is 50.4 cm³/mol. The lowest BCUT2D eigenvalue weighted by Crippen LogP contribution is -2.15. The van der Waals surface area contributed by atoms with E-state index in [1.54, 1.807) is 7.11 Å². The highest BCUT2D eigenvalue weighted by molar-refractivity contribution is 5.80. The molecule has 1 rings (SSSR count). The largest absolute Gasteiger partial charge is 0.387 e. The Labute approximate surface area is 74.0 Å². The van der Waals surface area contributed by atoms with Crippen molar-refractivity contribution in [2.24, 2.45) is 10.7 Å². The Bertz CT molecular complexity index is 157. The summed E-state index contributed by atoms with van der Waals surface area (Å²) in [6, 6.07) is 0.410. The molecule has 0 saturated heterocycles. The van der Waals surface area contributed by atoms with Crippen molar-refractivity contribution in [3.63, 3.8) is 0 Å². The molecule has 0 radical (unpaired) electrons. The smallest absolute Gasteiger partial charge is 0.0940 e. The highest BCUT2D eigenvalue weighted by Gasteiger charge is 2.10. The second-order valence-electron chi connectivity index (χ2n) is 3.30. The van der Waals surface area contributed by atoms with Gasteiger partial charge in [-0.15, -0.1) is 0 Å². The average Bonchev–Trinajstić information content (AvgIpc) is 2.26. The van der Waals surface area contributed by atoms with Gasteiger partial charge in [-0.25, -0.2) is 0 Å². The van der Waals surface area contributed by atoms with E-state index in [1.165, 1.54) is 19.3 Å². The van der Waals surface area contributed by atoms with E-state index >= 15 is 0 Å². The van der Waals surface area contributed by atoms with Gasteiger partial charge in [0.1, 0.15) is 0 Å². The Morgan fingerprint density at radius 2 is 2.42 bits per heavy atom. The topological polar surface area (TPSA) is 47.6 Å². The number of aliphatic imine (C=N–C) groups is 1. The summed E-state index contributed by atoms with van der Waals surface area (Å²) in [7, 11) is 1.73. The Morgan fingerprint density at radius 1 is 1.58 bits per heavy atom. The lowest BCUT2D eigenvalue weighted by molar-refractivity contribution is 0.187. The molecule has 0 aromatic carbocycles. The molecule has 0 amide bonds. The SMILES string of the molecule is COCCC1CCCCC(N)=N1. The summed E-state index contributed by atoms with van der Waals surface area (Å²) in [5, 5.41) is 0. The standard InChI is InChI=1S/C9H18N2O/c1-12-7-6-8-4-2-3-5-9(10)11-8/h8H,2-7H2,1H3,(H2,10,11). The Kier molecular flexibility index (Phi) is 4.08. The van der Waals surface area contributed by atoms with Gasteiger partial charge >= 0.3 is 0 Å². The quantitative estimate of drug-likeness (QED) is 0.694. The minimum absolute atomic E-state index is 0.410. The fraction of sp³-hybridized carbons (Fsp3) is 0.889. The normalized spacial score (nSPS) is 24.8. The summed E-state index contributed by atoms with van der Waals surface area (Å²) in [4.78, 5) is 4.43. The summed E-state index contributed by atoms with van der Waals surface area (Å²) in [6.45, 7) is 0.793. The van der Waals surface area contributed by atoms with Crippen LogP contribution in [0.15, 0.2) is 4.99 Å². The number of nitrogens with two attached hydrogens (primary N) is 1. The van der Waals surface area contributed by atoms with Gasteiger partial charge in [0.05, 0.1) is 11.9 Å². The molecule has 1 heterocycles. The first-order valence-corrected chi connectivity index (χ1v) is 4.64. The van der Waals surface area contributed by atoms with Crippen LogP contribution in [0.2, 0.25) is 0 Å². The number of rotatable bonds is 3. The Morgan fingerprint density at radius 3 is 3.17 bits per heavy atom. The minimum Gasteiger partial charge on any atom is -0.387 e. The minimum atomic E-state index is 0.410. The maximum absolute atomic E-state index is 5.71. The van der Waals surface area contributed by atoms with Crippen molar-refractivity contribution < 1.29 is 4.74 Å². The zero-order chi connectivity index (χ0) is 8.81. The molecule has 3 heteroatoms. The van der Waals surface area contributed by atoms with Gasteiger partial charge in [0.2, 0.25) is 0 Å². The van der Waals surface area contributed by atoms with E-state index in [0.29, 0.717) is 6.04 Å². The van der Waals surface area contributed by atoms with Crippen LogP contribution in [0.5, 0.6) is 0 Å². The number of amidine groups is 1. The fourth-order valence-corrected chi connectivity index (χ4v) is 1.51. The first kappa shape index (κ1) is 9.52. The van der Waals surface area contributed by atoms with Gasteiger partial charge in [0.25, 0.3) is 0 Å². The van der Waals surface area contributed by atoms with E-state index in [0.717, 1.165) is 25.3 Å². The van der Waals surface area contributed by atoms with Crippen molar-refractivity contribution in [2.45, 2.75) is 38.1 Å². The Balaban J connectivity index is 2.34. The van der Waals surface area contributed by atoms with E-state index in [9.17, 15) is 0 Å². The zero-order valence-electron chi connectivity index (χ0n) is 7.75. The van der Waals surface area contributed by atoms with Crippen LogP contribution in [-0.2, 0) is 4.74 Å². The maximum Gasteiger partial charge on any atom is 0.0940 e. The molecule has 1 unspecified atom stereocenters. The predicted octanol–water partition coefficient (Wildman–Crippen LogP) is 1.32. The Hall–Kier alpha value is -0.570. The van der Waals surface area contributed by atoms with Gasteiger partial charge in [-0.1, -0.05) is 6.42 Å². The molecule has 0 aromatic heterocycles. The zero-order valence-corrected chi connectivity index (χ0v) is 7.75. The molecule has 0 saturated carbocycles. The molecule has 0 fully saturated rings. The average molecular weight is 170 g/mol. The molecular weight excluding hydrogens is 152 g/mol.